The molecule has 0 N–H and O–H groups in total. The standard InChI is InChI=1S/C15H17NS/c1-4-11-16-12-14(5-2)17-15-8-6-7-13(3)9-10-15/h4-5,7-11H,1,12H2,2-3H3/b14-5+,16-11?. The van der Waals surface area contributed by atoms with E-state index < -0.39 is 0 Å². The van der Waals surface area contributed by atoms with Gasteiger partial charge in [-0.25, -0.2) is 0 Å². The number of hydrogen-bond acceptors (Lipinski definition) is 2. The number of hydrogen-bond donors (Lipinski definition) is 0. The maximum atomic E-state index is 4.25. The summed E-state index contributed by atoms with van der Waals surface area (Å²) >= 11 is 1.72. The van der Waals surface area contributed by atoms with Crippen LogP contribution in [0.2, 0.25) is 0 Å². The molecular formula is C15H17NS. The van der Waals surface area contributed by atoms with Gasteiger partial charge in [0.25, 0.3) is 0 Å². The van der Waals surface area contributed by atoms with E-state index in [4.69, 9.17) is 0 Å². The molecule has 0 aromatic heterocycles. The van der Waals surface area contributed by atoms with Gasteiger partial charge in [-0.1, -0.05) is 36.6 Å². The molecule has 0 amide bonds. The molecule has 0 spiro atoms. The van der Waals surface area contributed by atoms with E-state index in [0.717, 1.165) is 0 Å². The summed E-state index contributed by atoms with van der Waals surface area (Å²) in [6.07, 6.45) is 13.7. The van der Waals surface area contributed by atoms with Crippen molar-refractivity contribution < 1.29 is 0 Å². The van der Waals surface area contributed by atoms with Crippen molar-refractivity contribution in [3.8, 4) is 0 Å². The Balaban J connectivity index is 2.67. The van der Waals surface area contributed by atoms with Gasteiger partial charge in [0, 0.05) is 16.0 Å². The Morgan fingerprint density at radius 2 is 2.29 bits per heavy atom. The van der Waals surface area contributed by atoms with Crippen LogP contribution in [0.25, 0.3) is 0 Å². The van der Waals surface area contributed by atoms with Crippen molar-refractivity contribution in [2.24, 2.45) is 4.99 Å². The molecule has 88 valence electrons. The minimum absolute atomic E-state index is 0.699. The van der Waals surface area contributed by atoms with Crippen LogP contribution in [0.3, 0.4) is 0 Å². The maximum Gasteiger partial charge on any atom is 0.0698 e. The molecule has 0 atom stereocenters. The number of thioether (sulfide) groups is 1. The van der Waals surface area contributed by atoms with Crippen molar-refractivity contribution in [1.82, 2.24) is 0 Å². The van der Waals surface area contributed by atoms with Crippen LogP contribution in [-0.2, 0) is 0 Å². The van der Waals surface area contributed by atoms with Crippen molar-refractivity contribution in [1.29, 1.82) is 0 Å². The Hall–Kier alpha value is -1.50. The molecule has 1 rings (SSSR count). The van der Waals surface area contributed by atoms with Crippen LogP contribution in [0.5, 0.6) is 0 Å². The van der Waals surface area contributed by atoms with Crippen LogP contribution in [-0.4, -0.2) is 12.8 Å². The van der Waals surface area contributed by atoms with Gasteiger partial charge >= 0.3 is 0 Å². The Labute approximate surface area is 108 Å². The largest absolute Gasteiger partial charge is 0.288 e. The first-order chi connectivity index (χ1) is 8.26. The molecule has 0 aliphatic heterocycles. The third-order valence-electron chi connectivity index (χ3n) is 2.08. The van der Waals surface area contributed by atoms with Gasteiger partial charge in [-0.3, -0.25) is 4.99 Å². The van der Waals surface area contributed by atoms with Gasteiger partial charge in [0.05, 0.1) is 6.54 Å². The maximum absolute atomic E-state index is 4.25. The Bertz CT molecular complexity index is 455. The van der Waals surface area contributed by atoms with E-state index in [-0.39, 0.29) is 0 Å². The average molecular weight is 243 g/mol. The first-order valence-corrected chi connectivity index (χ1v) is 6.33. The fourth-order valence-corrected chi connectivity index (χ4v) is 2.00. The first kappa shape index (κ1) is 13.6. The first-order valence-electron chi connectivity index (χ1n) is 5.51. The van der Waals surface area contributed by atoms with Crippen molar-refractivity contribution in [3.05, 3.63) is 64.1 Å². The molecule has 0 heterocycles. The predicted octanol–water partition coefficient (Wildman–Crippen LogP) is 4.44. The minimum atomic E-state index is 0.699. The second-order valence-corrected chi connectivity index (χ2v) is 4.72. The van der Waals surface area contributed by atoms with Gasteiger partial charge in [0.2, 0.25) is 0 Å². The lowest BCUT2D eigenvalue weighted by atomic mass is 10.3. The van der Waals surface area contributed by atoms with Gasteiger partial charge in [0.15, 0.2) is 0 Å². The smallest absolute Gasteiger partial charge is 0.0698 e. The average Bonchev–Trinajstić information content (AvgIpc) is 2.53. The van der Waals surface area contributed by atoms with Crippen LogP contribution < -0.4 is 0 Å². The van der Waals surface area contributed by atoms with Gasteiger partial charge < -0.3 is 0 Å². The SMILES string of the molecule is C=CC=NC/C(=C\C)SC1=CC=C(C)C=C=C1. The number of nitrogens with zero attached hydrogens (tertiary/aromatic N) is 1. The molecule has 0 saturated heterocycles. The Kier molecular flexibility index (Phi) is 6.16. The van der Waals surface area contributed by atoms with Gasteiger partial charge in [-0.15, -0.1) is 5.73 Å². The monoisotopic (exact) mass is 243 g/mol. The van der Waals surface area contributed by atoms with Crippen LogP contribution in [0, 0.1) is 0 Å². The number of aliphatic imine (C=N–C) groups is 1. The van der Waals surface area contributed by atoms with Crippen LogP contribution in [0.4, 0.5) is 0 Å². The molecule has 2 heteroatoms. The zero-order valence-electron chi connectivity index (χ0n) is 10.3. The minimum Gasteiger partial charge on any atom is -0.288 e. The topological polar surface area (TPSA) is 12.4 Å². The van der Waals surface area contributed by atoms with E-state index in [0.29, 0.717) is 6.54 Å². The molecule has 0 saturated carbocycles. The Morgan fingerprint density at radius 1 is 1.47 bits per heavy atom. The van der Waals surface area contributed by atoms with Crippen molar-refractivity contribution in [2.45, 2.75) is 13.8 Å². The van der Waals surface area contributed by atoms with E-state index >= 15 is 0 Å². The lowest BCUT2D eigenvalue weighted by Gasteiger charge is -2.03. The van der Waals surface area contributed by atoms with E-state index in [1.165, 1.54) is 15.4 Å². The summed E-state index contributed by atoms with van der Waals surface area (Å²) in [4.78, 5) is 6.65. The summed E-state index contributed by atoms with van der Waals surface area (Å²) in [5.74, 6) is 0. The molecule has 0 aromatic rings. The van der Waals surface area contributed by atoms with E-state index in [1.54, 1.807) is 24.1 Å². The molecule has 1 nitrogen and oxygen atoms in total. The summed E-state index contributed by atoms with van der Waals surface area (Å²) in [6.45, 7) is 8.40. The molecular weight excluding hydrogens is 226 g/mol. The Morgan fingerprint density at radius 3 is 3.00 bits per heavy atom. The quantitative estimate of drug-likeness (QED) is 0.514. The third-order valence-corrected chi connectivity index (χ3v) is 3.19. The highest BCUT2D eigenvalue weighted by atomic mass is 32.2. The van der Waals surface area contributed by atoms with Gasteiger partial charge in [0.1, 0.15) is 0 Å². The molecule has 0 aromatic carbocycles. The number of allylic oxidation sites excluding steroid dienone is 6. The molecule has 1 aliphatic rings. The third kappa shape index (κ3) is 5.39. The van der Waals surface area contributed by atoms with Crippen LogP contribution >= 0.6 is 11.8 Å². The molecule has 0 fully saturated rings. The van der Waals surface area contributed by atoms with Crippen LogP contribution in [0.1, 0.15) is 13.8 Å². The predicted molar refractivity (Wildman–Crippen MR) is 79.4 cm³/mol. The molecule has 0 unspecified atom stereocenters. The van der Waals surface area contributed by atoms with E-state index in [9.17, 15) is 0 Å². The highest BCUT2D eigenvalue weighted by Gasteiger charge is 2.00. The molecule has 1 aliphatic carbocycles. The van der Waals surface area contributed by atoms with Crippen LogP contribution in [0.15, 0.2) is 69.1 Å². The highest BCUT2D eigenvalue weighted by Crippen LogP contribution is 2.27. The summed E-state index contributed by atoms with van der Waals surface area (Å²) in [5, 5.41) is 0. The fraction of sp³-hybridized carbons (Fsp3) is 0.200. The summed E-state index contributed by atoms with van der Waals surface area (Å²) < 4.78 is 0. The summed E-state index contributed by atoms with van der Waals surface area (Å²) in [5.41, 5.74) is 4.37. The van der Waals surface area contributed by atoms with E-state index in [1.807, 2.05) is 19.1 Å². The lowest BCUT2D eigenvalue weighted by molar-refractivity contribution is 1.23. The van der Waals surface area contributed by atoms with Crippen molar-refractivity contribution in [2.75, 3.05) is 6.54 Å². The zero-order chi connectivity index (χ0) is 12.5. The second-order valence-electron chi connectivity index (χ2n) is 3.52. The molecule has 0 radical (unpaired) electrons. The lowest BCUT2D eigenvalue weighted by Crippen LogP contribution is -1.84. The highest BCUT2D eigenvalue weighted by molar-refractivity contribution is 8.06. The normalized spacial score (nSPS) is 15.8. The summed E-state index contributed by atoms with van der Waals surface area (Å²) in [7, 11) is 0. The van der Waals surface area contributed by atoms with Crippen molar-refractivity contribution in [3.63, 3.8) is 0 Å². The molecule has 0 bridgehead atoms. The summed E-state index contributed by atoms with van der Waals surface area (Å²) in [6, 6.07) is 0. The fourth-order valence-electron chi connectivity index (χ4n) is 1.18. The van der Waals surface area contributed by atoms with E-state index in [2.05, 4.69) is 42.5 Å². The molecule has 17 heavy (non-hydrogen) atoms. The van der Waals surface area contributed by atoms with Gasteiger partial charge in [-0.05, 0) is 37.6 Å². The number of rotatable bonds is 5. The second kappa shape index (κ2) is 7.72. The van der Waals surface area contributed by atoms with Crippen molar-refractivity contribution >= 4 is 18.0 Å². The zero-order valence-corrected chi connectivity index (χ0v) is 11.1. The van der Waals surface area contributed by atoms with Gasteiger partial charge in [-0.2, -0.15) is 0 Å².